The molecule has 1 aromatic heterocycles. The van der Waals surface area contributed by atoms with E-state index in [1.165, 1.54) is 24.4 Å². The van der Waals surface area contributed by atoms with E-state index >= 15 is 0 Å². The van der Waals surface area contributed by atoms with E-state index in [2.05, 4.69) is 4.98 Å². The smallest absolute Gasteiger partial charge is 0.314 e. The molecule has 0 saturated heterocycles. The number of pyridine rings is 1. The molecule has 0 unspecified atom stereocenters. The molecule has 0 aliphatic heterocycles. The van der Waals surface area contributed by atoms with Crippen LogP contribution in [0, 0.1) is 15.9 Å². The lowest BCUT2D eigenvalue weighted by atomic mass is 10.3. The van der Waals surface area contributed by atoms with Crippen molar-refractivity contribution in [2.75, 3.05) is 0 Å². The minimum Gasteiger partial charge on any atom is -0.450 e. The zero-order valence-corrected chi connectivity index (χ0v) is 9.60. The Hall–Kier alpha value is -2.21. The number of hydrogen-bond acceptors (Lipinski definition) is 4. The van der Waals surface area contributed by atoms with E-state index in [-0.39, 0.29) is 16.7 Å². The fourth-order valence-corrected chi connectivity index (χ4v) is 1.46. The first-order valence-electron chi connectivity index (χ1n) is 4.79. The fraction of sp³-hybridized carbons (Fsp3) is 0. The first-order valence-corrected chi connectivity index (χ1v) is 5.17. The van der Waals surface area contributed by atoms with Crippen molar-refractivity contribution in [1.82, 2.24) is 4.98 Å². The van der Waals surface area contributed by atoms with Crippen LogP contribution in [0.5, 0.6) is 11.5 Å². The van der Waals surface area contributed by atoms with Gasteiger partial charge in [0.15, 0.2) is 0 Å². The Morgan fingerprint density at radius 2 is 2.11 bits per heavy atom. The van der Waals surface area contributed by atoms with Crippen LogP contribution in [0.25, 0.3) is 0 Å². The molecule has 0 amide bonds. The van der Waals surface area contributed by atoms with Crippen LogP contribution < -0.4 is 4.74 Å². The number of hydrogen-bond donors (Lipinski definition) is 0. The Kier molecular flexibility index (Phi) is 3.38. The van der Waals surface area contributed by atoms with Crippen molar-refractivity contribution in [2.45, 2.75) is 0 Å². The monoisotopic (exact) mass is 268 g/mol. The first kappa shape index (κ1) is 12.3. The molecule has 0 aliphatic carbocycles. The van der Waals surface area contributed by atoms with E-state index in [1.807, 2.05) is 0 Å². The van der Waals surface area contributed by atoms with Crippen LogP contribution in [0.15, 0.2) is 36.5 Å². The second kappa shape index (κ2) is 4.97. The number of nitro groups is 1. The van der Waals surface area contributed by atoms with Crippen LogP contribution in [0.4, 0.5) is 10.1 Å². The topological polar surface area (TPSA) is 65.3 Å². The zero-order valence-electron chi connectivity index (χ0n) is 8.84. The summed E-state index contributed by atoms with van der Waals surface area (Å²) >= 11 is 5.65. The third-order valence-corrected chi connectivity index (χ3v) is 2.25. The highest BCUT2D eigenvalue weighted by molar-refractivity contribution is 6.29. The van der Waals surface area contributed by atoms with E-state index in [9.17, 15) is 14.5 Å². The van der Waals surface area contributed by atoms with Crippen molar-refractivity contribution in [3.63, 3.8) is 0 Å². The van der Waals surface area contributed by atoms with Crippen molar-refractivity contribution >= 4 is 17.3 Å². The molecule has 7 heteroatoms. The molecule has 0 atom stereocenters. The molecule has 5 nitrogen and oxygen atoms in total. The summed E-state index contributed by atoms with van der Waals surface area (Å²) in [5.41, 5.74) is -0.456. The molecular formula is C11H6ClFN2O3. The van der Waals surface area contributed by atoms with Gasteiger partial charge in [-0.25, -0.2) is 9.37 Å². The number of benzene rings is 1. The van der Waals surface area contributed by atoms with Crippen LogP contribution >= 0.6 is 11.6 Å². The predicted octanol–water partition coefficient (Wildman–Crippen LogP) is 3.57. The van der Waals surface area contributed by atoms with Gasteiger partial charge in [0.05, 0.1) is 11.0 Å². The lowest BCUT2D eigenvalue weighted by molar-refractivity contribution is -0.385. The van der Waals surface area contributed by atoms with Gasteiger partial charge in [-0.2, -0.15) is 0 Å². The van der Waals surface area contributed by atoms with E-state index in [0.717, 1.165) is 12.1 Å². The van der Waals surface area contributed by atoms with Crippen LogP contribution in [-0.2, 0) is 0 Å². The molecule has 2 aromatic rings. The third-order valence-electron chi connectivity index (χ3n) is 2.04. The molecule has 1 aromatic carbocycles. The molecule has 0 radical (unpaired) electrons. The largest absolute Gasteiger partial charge is 0.450 e. The van der Waals surface area contributed by atoms with E-state index in [0.29, 0.717) is 0 Å². The zero-order chi connectivity index (χ0) is 13.1. The average molecular weight is 269 g/mol. The van der Waals surface area contributed by atoms with Crippen molar-refractivity contribution in [3.8, 4) is 11.5 Å². The summed E-state index contributed by atoms with van der Waals surface area (Å²) in [5.74, 6) is -0.491. The molecule has 0 bridgehead atoms. The van der Waals surface area contributed by atoms with Gasteiger partial charge in [-0.1, -0.05) is 11.6 Å². The molecule has 0 N–H and O–H groups in total. The van der Waals surface area contributed by atoms with Gasteiger partial charge in [-0.05, 0) is 18.2 Å². The Morgan fingerprint density at radius 3 is 2.78 bits per heavy atom. The molecule has 1 heterocycles. The Bertz CT molecular complexity index is 607. The summed E-state index contributed by atoms with van der Waals surface area (Å²) in [4.78, 5) is 13.8. The lowest BCUT2D eigenvalue weighted by Gasteiger charge is -2.06. The maximum Gasteiger partial charge on any atom is 0.314 e. The van der Waals surface area contributed by atoms with Crippen LogP contribution in [0.3, 0.4) is 0 Å². The maximum absolute atomic E-state index is 12.9. The van der Waals surface area contributed by atoms with Crippen molar-refractivity contribution in [2.24, 2.45) is 0 Å². The number of ether oxygens (including phenoxy) is 1. The van der Waals surface area contributed by atoms with Gasteiger partial charge >= 0.3 is 5.69 Å². The normalized spacial score (nSPS) is 10.1. The van der Waals surface area contributed by atoms with Crippen LogP contribution in [0.2, 0.25) is 5.15 Å². The molecule has 0 aliphatic rings. The Morgan fingerprint density at radius 1 is 1.33 bits per heavy atom. The van der Waals surface area contributed by atoms with Gasteiger partial charge in [-0.15, -0.1) is 0 Å². The first-order chi connectivity index (χ1) is 8.56. The number of rotatable bonds is 3. The van der Waals surface area contributed by atoms with Gasteiger partial charge in [0, 0.05) is 12.3 Å². The van der Waals surface area contributed by atoms with Crippen molar-refractivity contribution in [3.05, 3.63) is 57.6 Å². The summed E-state index contributed by atoms with van der Waals surface area (Å²) in [6.07, 6.45) is 1.40. The summed E-state index contributed by atoms with van der Waals surface area (Å²) in [6.45, 7) is 0. The van der Waals surface area contributed by atoms with Gasteiger partial charge in [0.2, 0.25) is 5.75 Å². The lowest BCUT2D eigenvalue weighted by Crippen LogP contribution is -1.94. The summed E-state index contributed by atoms with van der Waals surface area (Å²) in [7, 11) is 0. The van der Waals surface area contributed by atoms with E-state index in [4.69, 9.17) is 16.3 Å². The van der Waals surface area contributed by atoms with Gasteiger partial charge < -0.3 is 4.74 Å². The number of halogens is 2. The highest BCUT2D eigenvalue weighted by Gasteiger charge is 2.17. The highest BCUT2D eigenvalue weighted by Crippen LogP contribution is 2.32. The fourth-order valence-electron chi connectivity index (χ4n) is 1.29. The van der Waals surface area contributed by atoms with Crippen molar-refractivity contribution in [1.29, 1.82) is 0 Å². The van der Waals surface area contributed by atoms with Gasteiger partial charge in [0.25, 0.3) is 0 Å². The van der Waals surface area contributed by atoms with E-state index in [1.54, 1.807) is 0 Å². The quantitative estimate of drug-likeness (QED) is 0.485. The average Bonchev–Trinajstić information content (AvgIpc) is 2.31. The molecule has 2 rings (SSSR count). The standard InChI is InChI=1S/C11H6ClFN2O3/c12-11-6-8(3-4-14-11)18-10-2-1-7(13)5-9(10)15(16)17/h1-6H. The second-order valence-corrected chi connectivity index (χ2v) is 3.67. The summed E-state index contributed by atoms with van der Waals surface area (Å²) in [5, 5.41) is 10.9. The molecule has 0 spiro atoms. The molecular weight excluding hydrogens is 263 g/mol. The third kappa shape index (κ3) is 2.72. The minimum absolute atomic E-state index is 0.0660. The Labute approximate surface area is 106 Å². The minimum atomic E-state index is -0.721. The van der Waals surface area contributed by atoms with Crippen molar-refractivity contribution < 1.29 is 14.1 Å². The number of nitrogens with zero attached hydrogens (tertiary/aromatic N) is 2. The molecule has 0 saturated carbocycles. The van der Waals surface area contributed by atoms with Crippen LogP contribution in [-0.4, -0.2) is 9.91 Å². The SMILES string of the molecule is O=[N+]([O-])c1cc(F)ccc1Oc1ccnc(Cl)c1. The second-order valence-electron chi connectivity index (χ2n) is 3.29. The predicted molar refractivity (Wildman–Crippen MR) is 62.4 cm³/mol. The van der Waals surface area contributed by atoms with Crippen LogP contribution in [0.1, 0.15) is 0 Å². The highest BCUT2D eigenvalue weighted by atomic mass is 35.5. The summed E-state index contributed by atoms with van der Waals surface area (Å²) < 4.78 is 18.2. The van der Waals surface area contributed by atoms with Gasteiger partial charge in [0.1, 0.15) is 16.7 Å². The van der Waals surface area contributed by atoms with E-state index < -0.39 is 16.4 Å². The summed E-state index contributed by atoms with van der Waals surface area (Å²) in [6, 6.07) is 5.93. The molecule has 18 heavy (non-hydrogen) atoms. The van der Waals surface area contributed by atoms with Gasteiger partial charge in [-0.3, -0.25) is 10.1 Å². The molecule has 0 fully saturated rings. The number of aromatic nitrogens is 1. The Balaban J connectivity index is 2.37. The molecule has 92 valence electrons. The maximum atomic E-state index is 12.9. The number of nitro benzene ring substituents is 1.